The van der Waals surface area contributed by atoms with Gasteiger partial charge in [0.1, 0.15) is 35.2 Å². The first-order valence-corrected chi connectivity index (χ1v) is 8.38. The van der Waals surface area contributed by atoms with Crippen LogP contribution < -0.4 is 4.90 Å². The highest BCUT2D eigenvalue weighted by molar-refractivity contribution is 5.98. The summed E-state index contributed by atoms with van der Waals surface area (Å²) in [6.45, 7) is 6.46. The normalized spacial score (nSPS) is 11.7. The molecule has 0 N–H and O–H groups in total. The molecule has 0 amide bonds. The Morgan fingerprint density at radius 1 is 1.33 bits per heavy atom. The van der Waals surface area contributed by atoms with Crippen LogP contribution in [0.3, 0.4) is 0 Å². The van der Waals surface area contributed by atoms with E-state index >= 15 is 0 Å². The lowest BCUT2D eigenvalue weighted by Gasteiger charge is -2.18. The van der Waals surface area contributed by atoms with E-state index in [0.29, 0.717) is 31.0 Å². The molecule has 1 heterocycles. The molecule has 2 aromatic rings. The Morgan fingerprint density at radius 3 is 2.70 bits per heavy atom. The second-order valence-corrected chi connectivity index (χ2v) is 6.93. The SMILES string of the molecule is CN(CCOC=O)c1ccc2oc(/C=C(\C#N)C(=O)OC(C)(C)C)cc2c1. The molecule has 2 rings (SSSR count). The van der Waals surface area contributed by atoms with Crippen molar-refractivity contribution in [3.05, 3.63) is 35.6 Å². The Bertz CT molecular complexity index is 899. The maximum atomic E-state index is 12.1. The van der Waals surface area contributed by atoms with E-state index in [0.717, 1.165) is 11.1 Å². The number of hydrogen-bond donors (Lipinski definition) is 0. The summed E-state index contributed by atoms with van der Waals surface area (Å²) >= 11 is 0. The Kier molecular flexibility index (Phi) is 6.24. The van der Waals surface area contributed by atoms with Crippen molar-refractivity contribution in [2.45, 2.75) is 26.4 Å². The van der Waals surface area contributed by atoms with Gasteiger partial charge in [-0.25, -0.2) is 4.79 Å². The summed E-state index contributed by atoms with van der Waals surface area (Å²) in [4.78, 5) is 24.2. The molecule has 0 saturated heterocycles. The number of hydrogen-bond acceptors (Lipinski definition) is 7. The predicted molar refractivity (Wildman–Crippen MR) is 101 cm³/mol. The van der Waals surface area contributed by atoms with Crippen LogP contribution in [0.4, 0.5) is 5.69 Å². The van der Waals surface area contributed by atoms with Gasteiger partial charge >= 0.3 is 5.97 Å². The number of likely N-dealkylation sites (N-methyl/N-ethyl adjacent to an activating group) is 1. The first-order valence-electron chi connectivity index (χ1n) is 8.38. The van der Waals surface area contributed by atoms with Crippen molar-refractivity contribution >= 4 is 35.2 Å². The molecule has 0 unspecified atom stereocenters. The summed E-state index contributed by atoms with van der Waals surface area (Å²) in [5, 5.41) is 10.1. The number of fused-ring (bicyclic) bond motifs is 1. The Hall–Kier alpha value is -3.27. The van der Waals surface area contributed by atoms with E-state index in [9.17, 15) is 14.9 Å². The zero-order valence-corrected chi connectivity index (χ0v) is 15.8. The fraction of sp³-hybridized carbons (Fsp3) is 0.350. The number of carbonyl (C=O) groups excluding carboxylic acids is 2. The lowest BCUT2D eigenvalue weighted by Crippen LogP contribution is -2.24. The third-order valence-electron chi connectivity index (χ3n) is 3.60. The van der Waals surface area contributed by atoms with Gasteiger partial charge in [-0.3, -0.25) is 4.79 Å². The molecule has 0 aliphatic carbocycles. The number of furan rings is 1. The van der Waals surface area contributed by atoms with Gasteiger partial charge in [0.2, 0.25) is 0 Å². The molecule has 27 heavy (non-hydrogen) atoms. The lowest BCUT2D eigenvalue weighted by atomic mass is 10.1. The molecule has 0 aliphatic heterocycles. The zero-order chi connectivity index (χ0) is 20.0. The third kappa shape index (κ3) is 5.61. The third-order valence-corrected chi connectivity index (χ3v) is 3.60. The van der Waals surface area contributed by atoms with E-state index in [-0.39, 0.29) is 5.57 Å². The van der Waals surface area contributed by atoms with Crippen molar-refractivity contribution in [1.82, 2.24) is 0 Å². The maximum absolute atomic E-state index is 12.1. The molecule has 7 nitrogen and oxygen atoms in total. The number of esters is 1. The lowest BCUT2D eigenvalue weighted by molar-refractivity contribution is -0.149. The topological polar surface area (TPSA) is 92.8 Å². The number of benzene rings is 1. The molecule has 1 aromatic heterocycles. The van der Waals surface area contributed by atoms with Crippen LogP contribution in [0.1, 0.15) is 26.5 Å². The first-order chi connectivity index (χ1) is 12.7. The van der Waals surface area contributed by atoms with Crippen molar-refractivity contribution in [3.63, 3.8) is 0 Å². The molecule has 0 fully saturated rings. The largest absolute Gasteiger partial charge is 0.466 e. The number of carbonyl (C=O) groups is 2. The molecule has 0 spiro atoms. The molecule has 0 radical (unpaired) electrons. The van der Waals surface area contributed by atoms with Gasteiger partial charge < -0.3 is 18.8 Å². The molecular weight excluding hydrogens is 348 g/mol. The summed E-state index contributed by atoms with van der Waals surface area (Å²) in [5.74, 6) is -0.308. The van der Waals surface area contributed by atoms with E-state index < -0.39 is 11.6 Å². The van der Waals surface area contributed by atoms with Crippen LogP contribution in [0.2, 0.25) is 0 Å². The Morgan fingerprint density at radius 2 is 2.07 bits per heavy atom. The van der Waals surface area contributed by atoms with Gasteiger partial charge in [-0.15, -0.1) is 0 Å². The number of anilines is 1. The fourth-order valence-electron chi connectivity index (χ4n) is 2.34. The van der Waals surface area contributed by atoms with Crippen LogP contribution in [-0.2, 0) is 19.1 Å². The summed E-state index contributed by atoms with van der Waals surface area (Å²) < 4.78 is 15.6. The molecule has 1 aromatic carbocycles. The highest BCUT2D eigenvalue weighted by Gasteiger charge is 2.20. The molecule has 0 atom stereocenters. The van der Waals surface area contributed by atoms with Crippen LogP contribution in [0.25, 0.3) is 17.0 Å². The van der Waals surface area contributed by atoms with E-state index in [2.05, 4.69) is 0 Å². The van der Waals surface area contributed by atoms with Crippen molar-refractivity contribution in [2.24, 2.45) is 0 Å². The van der Waals surface area contributed by atoms with Crippen LogP contribution in [0.15, 0.2) is 34.3 Å². The first kappa shape index (κ1) is 20.0. The van der Waals surface area contributed by atoms with E-state index in [1.165, 1.54) is 6.08 Å². The van der Waals surface area contributed by atoms with Gasteiger partial charge in [-0.2, -0.15) is 5.26 Å². The highest BCUT2D eigenvalue weighted by Crippen LogP contribution is 2.26. The van der Waals surface area contributed by atoms with Crippen molar-refractivity contribution in [1.29, 1.82) is 5.26 Å². The standard InChI is InChI=1S/C20H22N2O5/c1-20(2,3)27-19(24)15(12-21)11-17-10-14-9-16(5-6-18(14)26-17)22(4)7-8-25-13-23/h5-6,9-11,13H,7-8H2,1-4H3/b15-11+. The summed E-state index contributed by atoms with van der Waals surface area (Å²) in [6, 6.07) is 9.19. The maximum Gasteiger partial charge on any atom is 0.349 e. The van der Waals surface area contributed by atoms with E-state index in [4.69, 9.17) is 13.9 Å². The summed E-state index contributed by atoms with van der Waals surface area (Å²) in [7, 11) is 1.88. The molecule has 0 bridgehead atoms. The van der Waals surface area contributed by atoms with E-state index in [1.54, 1.807) is 32.9 Å². The second-order valence-electron chi connectivity index (χ2n) is 6.93. The molecular formula is C20H22N2O5. The molecule has 0 aliphatic rings. The Balaban J connectivity index is 2.23. The highest BCUT2D eigenvalue weighted by atomic mass is 16.6. The van der Waals surface area contributed by atoms with Crippen molar-refractivity contribution in [3.8, 4) is 6.07 Å². The van der Waals surface area contributed by atoms with E-state index in [1.807, 2.05) is 30.1 Å². The van der Waals surface area contributed by atoms with Gasteiger partial charge in [0.15, 0.2) is 0 Å². The number of rotatable bonds is 7. The van der Waals surface area contributed by atoms with Crippen molar-refractivity contribution < 1.29 is 23.5 Å². The number of ether oxygens (including phenoxy) is 2. The average molecular weight is 370 g/mol. The van der Waals surface area contributed by atoms with Crippen molar-refractivity contribution in [2.75, 3.05) is 25.1 Å². The van der Waals surface area contributed by atoms with Crippen LogP contribution in [-0.4, -0.2) is 38.2 Å². The average Bonchev–Trinajstić information content (AvgIpc) is 2.99. The van der Waals surface area contributed by atoms with Gasteiger partial charge in [-0.05, 0) is 45.0 Å². The molecule has 7 heteroatoms. The number of nitriles is 1. The van der Waals surface area contributed by atoms with Crippen LogP contribution >= 0.6 is 0 Å². The molecule has 0 saturated carbocycles. The quantitative estimate of drug-likeness (QED) is 0.243. The van der Waals surface area contributed by atoms with Gasteiger partial charge in [0.25, 0.3) is 6.47 Å². The predicted octanol–water partition coefficient (Wildman–Crippen LogP) is 3.29. The zero-order valence-electron chi connectivity index (χ0n) is 15.8. The monoisotopic (exact) mass is 370 g/mol. The van der Waals surface area contributed by atoms with Gasteiger partial charge in [0.05, 0.1) is 6.54 Å². The summed E-state index contributed by atoms with van der Waals surface area (Å²) in [5.41, 5.74) is 0.728. The van der Waals surface area contributed by atoms with Gasteiger partial charge in [0, 0.05) is 24.2 Å². The minimum absolute atomic E-state index is 0.132. The second kappa shape index (κ2) is 8.41. The molecule has 142 valence electrons. The Labute approximate surface area is 157 Å². The van der Waals surface area contributed by atoms with Crippen LogP contribution in [0.5, 0.6) is 0 Å². The number of nitrogens with zero attached hydrogens (tertiary/aromatic N) is 2. The van der Waals surface area contributed by atoms with Gasteiger partial charge in [-0.1, -0.05) is 0 Å². The van der Waals surface area contributed by atoms with Crippen LogP contribution in [0, 0.1) is 11.3 Å². The minimum Gasteiger partial charge on any atom is -0.466 e. The fourth-order valence-corrected chi connectivity index (χ4v) is 2.34. The minimum atomic E-state index is -0.693. The smallest absolute Gasteiger partial charge is 0.349 e. The summed E-state index contributed by atoms with van der Waals surface area (Å²) in [6.07, 6.45) is 1.37.